The molecule has 2 heteroatoms. The second-order valence-corrected chi connectivity index (χ2v) is 5.48. The summed E-state index contributed by atoms with van der Waals surface area (Å²) in [5.74, 6) is 1.18. The lowest BCUT2D eigenvalue weighted by Crippen LogP contribution is -2.36. The van der Waals surface area contributed by atoms with Gasteiger partial charge in [0.25, 0.3) is 0 Å². The van der Waals surface area contributed by atoms with Gasteiger partial charge in [0.05, 0.1) is 0 Å². The Labute approximate surface area is 108 Å². The molecule has 1 heterocycles. The zero-order valence-electron chi connectivity index (χ0n) is 11.1. The first-order chi connectivity index (χ1) is 8.54. The van der Waals surface area contributed by atoms with E-state index in [0.717, 1.165) is 24.2 Å². The predicted octanol–water partition coefficient (Wildman–Crippen LogP) is 3.36. The highest BCUT2D eigenvalue weighted by atomic mass is 16.5. The van der Waals surface area contributed by atoms with E-state index in [2.05, 4.69) is 31.2 Å². The van der Waals surface area contributed by atoms with Crippen LogP contribution in [0.5, 0.6) is 0 Å². The summed E-state index contributed by atoms with van der Waals surface area (Å²) < 4.78 is 6.11. The Morgan fingerprint density at radius 2 is 2.11 bits per heavy atom. The summed E-state index contributed by atoms with van der Waals surface area (Å²) in [6.07, 6.45) is 2.03. The summed E-state index contributed by atoms with van der Waals surface area (Å²) in [4.78, 5) is 11.8. The molecule has 0 saturated carbocycles. The molecular formula is C16H18O2. The van der Waals surface area contributed by atoms with Crippen molar-refractivity contribution >= 4 is 5.78 Å². The summed E-state index contributed by atoms with van der Waals surface area (Å²) in [5.41, 5.74) is 3.15. The number of hydrogen-bond donors (Lipinski definition) is 0. The average molecular weight is 242 g/mol. The van der Waals surface area contributed by atoms with Gasteiger partial charge < -0.3 is 4.74 Å². The molecule has 2 atom stereocenters. The van der Waals surface area contributed by atoms with Crippen molar-refractivity contribution in [3.05, 3.63) is 46.7 Å². The van der Waals surface area contributed by atoms with Crippen molar-refractivity contribution in [1.82, 2.24) is 0 Å². The van der Waals surface area contributed by atoms with Gasteiger partial charge in [-0.2, -0.15) is 0 Å². The smallest absolute Gasteiger partial charge is 0.159 e. The molecule has 0 fully saturated rings. The van der Waals surface area contributed by atoms with Gasteiger partial charge in [0.15, 0.2) is 5.78 Å². The fraction of sp³-hybridized carbons (Fsp3) is 0.438. The molecule has 1 aromatic rings. The van der Waals surface area contributed by atoms with Crippen molar-refractivity contribution in [1.29, 1.82) is 0 Å². The lowest BCUT2D eigenvalue weighted by molar-refractivity contribution is -0.114. The Bertz CT molecular complexity index is 556. The molecular weight excluding hydrogens is 224 g/mol. The highest BCUT2D eigenvalue weighted by Gasteiger charge is 2.50. The van der Waals surface area contributed by atoms with Gasteiger partial charge in [-0.3, -0.25) is 4.79 Å². The lowest BCUT2D eigenvalue weighted by Gasteiger charge is -2.38. The van der Waals surface area contributed by atoms with Crippen molar-refractivity contribution in [3.63, 3.8) is 0 Å². The van der Waals surface area contributed by atoms with Crippen LogP contribution in [0.1, 0.15) is 38.3 Å². The Morgan fingerprint density at radius 1 is 1.39 bits per heavy atom. The van der Waals surface area contributed by atoms with Gasteiger partial charge in [0.1, 0.15) is 11.4 Å². The molecule has 2 aliphatic rings. The zero-order chi connectivity index (χ0) is 12.9. The highest BCUT2D eigenvalue weighted by molar-refractivity contribution is 5.95. The average Bonchev–Trinajstić information content (AvgIpc) is 2.60. The molecule has 1 aromatic carbocycles. The van der Waals surface area contributed by atoms with Crippen LogP contribution in [0.2, 0.25) is 0 Å². The van der Waals surface area contributed by atoms with Crippen molar-refractivity contribution in [2.45, 2.75) is 39.2 Å². The fourth-order valence-corrected chi connectivity index (χ4v) is 3.64. The van der Waals surface area contributed by atoms with E-state index in [4.69, 9.17) is 4.74 Å². The van der Waals surface area contributed by atoms with Gasteiger partial charge in [-0.15, -0.1) is 0 Å². The summed E-state index contributed by atoms with van der Waals surface area (Å²) in [7, 11) is 0. The van der Waals surface area contributed by atoms with Crippen LogP contribution in [0.4, 0.5) is 0 Å². The predicted molar refractivity (Wildman–Crippen MR) is 70.1 cm³/mol. The first-order valence-corrected chi connectivity index (χ1v) is 6.53. The Kier molecular flexibility index (Phi) is 2.37. The monoisotopic (exact) mass is 242 g/mol. The molecule has 3 rings (SSSR count). The number of ether oxygens (including phenoxy) is 1. The first-order valence-electron chi connectivity index (χ1n) is 6.53. The molecule has 0 spiro atoms. The summed E-state index contributed by atoms with van der Waals surface area (Å²) >= 11 is 0. The minimum Gasteiger partial charge on any atom is -0.486 e. The Hall–Kier alpha value is -1.57. The van der Waals surface area contributed by atoms with Gasteiger partial charge in [-0.25, -0.2) is 0 Å². The molecule has 0 bridgehead atoms. The fourth-order valence-electron chi connectivity index (χ4n) is 3.64. The largest absolute Gasteiger partial charge is 0.486 e. The maximum absolute atomic E-state index is 11.8. The molecule has 2 nitrogen and oxygen atoms in total. The molecule has 94 valence electrons. The van der Waals surface area contributed by atoms with Crippen LogP contribution in [0.3, 0.4) is 0 Å². The minimum absolute atomic E-state index is 0.153. The molecule has 2 unspecified atom stereocenters. The van der Waals surface area contributed by atoms with Crippen molar-refractivity contribution in [2.24, 2.45) is 5.92 Å². The molecule has 0 aromatic heterocycles. The number of carbonyl (C=O) groups is 1. The number of carbonyl (C=O) groups excluding carboxylic acids is 1. The maximum atomic E-state index is 11.8. The van der Waals surface area contributed by atoms with Gasteiger partial charge in [0.2, 0.25) is 0 Å². The van der Waals surface area contributed by atoms with E-state index >= 15 is 0 Å². The van der Waals surface area contributed by atoms with Crippen LogP contribution >= 0.6 is 0 Å². The van der Waals surface area contributed by atoms with E-state index in [0.29, 0.717) is 0 Å². The van der Waals surface area contributed by atoms with E-state index in [9.17, 15) is 4.79 Å². The number of Topliss-reactive ketones (excluding diaryl/α,β-unsaturated/α-hetero) is 1. The normalized spacial score (nSPS) is 29.6. The number of fused-ring (bicyclic) bond motifs is 3. The van der Waals surface area contributed by atoms with E-state index in [1.165, 1.54) is 11.1 Å². The van der Waals surface area contributed by atoms with Gasteiger partial charge in [0, 0.05) is 11.5 Å². The number of allylic oxidation sites excluding steroid dienone is 1. The molecule has 0 saturated heterocycles. The number of ketones is 1. The molecule has 1 aliphatic heterocycles. The lowest BCUT2D eigenvalue weighted by atomic mass is 9.70. The van der Waals surface area contributed by atoms with E-state index in [-0.39, 0.29) is 17.3 Å². The van der Waals surface area contributed by atoms with Crippen molar-refractivity contribution in [3.8, 4) is 0 Å². The van der Waals surface area contributed by atoms with Crippen molar-refractivity contribution < 1.29 is 9.53 Å². The third-order valence-electron chi connectivity index (χ3n) is 4.39. The second kappa shape index (κ2) is 3.71. The number of aryl methyl sites for hydroxylation is 1. The molecule has 0 radical (unpaired) electrons. The molecule has 18 heavy (non-hydrogen) atoms. The van der Waals surface area contributed by atoms with E-state index < -0.39 is 0 Å². The van der Waals surface area contributed by atoms with Crippen LogP contribution in [0.15, 0.2) is 35.6 Å². The molecule has 0 N–H and O–H groups in total. The third-order valence-corrected chi connectivity index (χ3v) is 4.39. The quantitative estimate of drug-likeness (QED) is 0.754. The zero-order valence-corrected chi connectivity index (χ0v) is 11.1. The second-order valence-electron chi connectivity index (χ2n) is 5.48. The molecule has 1 aliphatic carbocycles. The van der Waals surface area contributed by atoms with Crippen LogP contribution in [0, 0.1) is 5.92 Å². The number of hydrogen-bond acceptors (Lipinski definition) is 2. The maximum Gasteiger partial charge on any atom is 0.159 e. The highest BCUT2D eigenvalue weighted by Crippen LogP contribution is 2.52. The Morgan fingerprint density at radius 3 is 2.83 bits per heavy atom. The standard InChI is InChI=1S/C16H18O2/c1-10(17)15-11(2)18-16(3)13-7-5-4-6-12(13)8-9-14(15)16/h4-7,14H,8-9H2,1-3H3. The minimum atomic E-state index is -0.347. The number of rotatable bonds is 1. The van der Waals surface area contributed by atoms with E-state index in [1.54, 1.807) is 6.92 Å². The van der Waals surface area contributed by atoms with E-state index in [1.807, 2.05) is 6.92 Å². The van der Waals surface area contributed by atoms with Crippen LogP contribution < -0.4 is 0 Å². The van der Waals surface area contributed by atoms with Gasteiger partial charge in [-0.1, -0.05) is 24.3 Å². The summed E-state index contributed by atoms with van der Waals surface area (Å²) in [6, 6.07) is 8.43. The van der Waals surface area contributed by atoms with Crippen LogP contribution in [0.25, 0.3) is 0 Å². The van der Waals surface area contributed by atoms with Crippen molar-refractivity contribution in [2.75, 3.05) is 0 Å². The summed E-state index contributed by atoms with van der Waals surface area (Å²) in [5, 5.41) is 0. The van der Waals surface area contributed by atoms with Crippen LogP contribution in [-0.4, -0.2) is 5.78 Å². The first kappa shape index (κ1) is 11.5. The summed E-state index contributed by atoms with van der Waals surface area (Å²) in [6.45, 7) is 5.69. The number of benzene rings is 1. The van der Waals surface area contributed by atoms with Crippen LogP contribution in [-0.2, 0) is 21.6 Å². The van der Waals surface area contributed by atoms with Gasteiger partial charge in [-0.05, 0) is 44.7 Å². The Balaban J connectivity index is 2.13. The molecule has 0 amide bonds. The third kappa shape index (κ3) is 1.38. The van der Waals surface area contributed by atoms with Gasteiger partial charge >= 0.3 is 0 Å². The topological polar surface area (TPSA) is 26.3 Å². The SMILES string of the molecule is CC(=O)C1=C(C)OC2(C)c3ccccc3CCC12.